The molecule has 0 radical (unpaired) electrons. The van der Waals surface area contributed by atoms with Crippen LogP contribution in [0, 0.1) is 17.8 Å². The van der Waals surface area contributed by atoms with E-state index in [0.717, 1.165) is 29.2 Å². The van der Waals surface area contributed by atoms with E-state index in [-0.39, 0.29) is 17.1 Å². The van der Waals surface area contributed by atoms with Crippen LogP contribution in [0.2, 0.25) is 0 Å². The summed E-state index contributed by atoms with van der Waals surface area (Å²) in [6, 6.07) is -0.626. The summed E-state index contributed by atoms with van der Waals surface area (Å²) in [5.74, 6) is 2.32. The number of amides is 1. The van der Waals surface area contributed by atoms with Gasteiger partial charge in [0, 0.05) is 12.0 Å². The third-order valence-electron chi connectivity index (χ3n) is 7.47. The number of anilines is 1. The highest BCUT2D eigenvalue weighted by atomic mass is 32.2. The molecule has 160 valence electrons. The normalized spacial score (nSPS) is 36.6. The van der Waals surface area contributed by atoms with Crippen LogP contribution in [0.4, 0.5) is 5.13 Å². The highest BCUT2D eigenvalue weighted by Gasteiger charge is 2.53. The van der Waals surface area contributed by atoms with E-state index in [4.69, 9.17) is 0 Å². The third-order valence-corrected chi connectivity index (χ3v) is 10.6. The molecule has 1 saturated heterocycles. The van der Waals surface area contributed by atoms with Gasteiger partial charge >= 0.3 is 0 Å². The molecule has 6 rings (SSSR count). The van der Waals surface area contributed by atoms with E-state index in [9.17, 15) is 13.2 Å². The second-order valence-corrected chi connectivity index (χ2v) is 12.7. The second-order valence-electron chi connectivity index (χ2n) is 9.68. The standard InChI is InChI=1S/C20H30N4O3S2/c1-2-6-29(26,27)24-5-3-4-16(24)17(25)21-19-23-22-18(28-19)20-10-13-7-14(11-20)9-15(8-13)12-20/h13-16H,2-12H2,1H3,(H,21,23,25). The highest BCUT2D eigenvalue weighted by Crippen LogP contribution is 2.61. The van der Waals surface area contributed by atoms with Crippen molar-refractivity contribution < 1.29 is 13.2 Å². The van der Waals surface area contributed by atoms with Gasteiger partial charge in [-0.3, -0.25) is 10.1 Å². The van der Waals surface area contributed by atoms with E-state index in [2.05, 4.69) is 15.5 Å². The Morgan fingerprint density at radius 1 is 1.17 bits per heavy atom. The molecule has 29 heavy (non-hydrogen) atoms. The maximum atomic E-state index is 12.9. The first-order valence-electron chi connectivity index (χ1n) is 11.0. The predicted octanol–water partition coefficient (Wildman–Crippen LogP) is 3.15. The van der Waals surface area contributed by atoms with Crippen LogP contribution in [0.25, 0.3) is 0 Å². The molecule has 4 aliphatic carbocycles. The lowest BCUT2D eigenvalue weighted by Gasteiger charge is -2.55. The van der Waals surface area contributed by atoms with E-state index < -0.39 is 16.1 Å². The van der Waals surface area contributed by atoms with Gasteiger partial charge in [0.05, 0.1) is 5.75 Å². The van der Waals surface area contributed by atoms with Gasteiger partial charge in [-0.1, -0.05) is 18.3 Å². The molecule has 0 spiro atoms. The Morgan fingerprint density at radius 2 is 1.83 bits per heavy atom. The lowest BCUT2D eigenvalue weighted by Crippen LogP contribution is -2.48. The van der Waals surface area contributed by atoms with Crippen LogP contribution in [-0.2, 0) is 20.2 Å². The Kier molecular flexibility index (Phi) is 4.98. The zero-order valence-electron chi connectivity index (χ0n) is 17.0. The van der Waals surface area contributed by atoms with E-state index in [1.807, 2.05) is 6.92 Å². The minimum absolute atomic E-state index is 0.0890. The van der Waals surface area contributed by atoms with Gasteiger partial charge in [-0.2, -0.15) is 4.31 Å². The van der Waals surface area contributed by atoms with Crippen molar-refractivity contribution in [3.63, 3.8) is 0 Å². The Labute approximate surface area is 176 Å². The summed E-state index contributed by atoms with van der Waals surface area (Å²) in [7, 11) is -3.38. The van der Waals surface area contributed by atoms with Crippen LogP contribution in [-0.4, -0.2) is 47.2 Å². The fraction of sp³-hybridized carbons (Fsp3) is 0.850. The zero-order chi connectivity index (χ0) is 20.2. The van der Waals surface area contributed by atoms with E-state index in [1.54, 1.807) is 0 Å². The smallest absolute Gasteiger partial charge is 0.244 e. The molecule has 5 fully saturated rings. The highest BCUT2D eigenvalue weighted by molar-refractivity contribution is 7.89. The van der Waals surface area contributed by atoms with Crippen LogP contribution in [0.3, 0.4) is 0 Å². The fourth-order valence-electron chi connectivity index (χ4n) is 6.76. The van der Waals surface area contributed by atoms with Crippen molar-refractivity contribution in [1.82, 2.24) is 14.5 Å². The molecule has 1 amide bonds. The summed E-state index contributed by atoms with van der Waals surface area (Å²) in [4.78, 5) is 12.9. The Morgan fingerprint density at radius 3 is 2.45 bits per heavy atom. The van der Waals surface area contributed by atoms with Gasteiger partial charge in [-0.05, 0) is 75.5 Å². The SMILES string of the molecule is CCCS(=O)(=O)N1CCCC1C(=O)Nc1nnc(C23CC4CC(CC(C4)C2)C3)s1. The van der Waals surface area contributed by atoms with Gasteiger partial charge in [0.2, 0.25) is 21.1 Å². The van der Waals surface area contributed by atoms with Crippen LogP contribution in [0.15, 0.2) is 0 Å². The summed E-state index contributed by atoms with van der Waals surface area (Å²) in [5, 5.41) is 13.3. The zero-order valence-corrected chi connectivity index (χ0v) is 18.6. The fourth-order valence-corrected chi connectivity index (χ4v) is 9.47. The molecule has 1 atom stereocenters. The molecular weight excluding hydrogens is 408 g/mol. The molecule has 5 aliphatic rings. The lowest BCUT2D eigenvalue weighted by atomic mass is 9.50. The maximum Gasteiger partial charge on any atom is 0.244 e. The van der Waals surface area contributed by atoms with Crippen molar-refractivity contribution in [1.29, 1.82) is 0 Å². The Balaban J connectivity index is 1.30. The van der Waals surface area contributed by atoms with Crippen LogP contribution in [0.1, 0.15) is 69.7 Å². The van der Waals surface area contributed by atoms with Crippen molar-refractivity contribution in [2.75, 3.05) is 17.6 Å². The Hall–Kier alpha value is -1.06. The number of nitrogens with one attached hydrogen (secondary N) is 1. The molecule has 2 heterocycles. The number of carbonyl (C=O) groups is 1. The summed E-state index contributed by atoms with van der Waals surface area (Å²) in [6.45, 7) is 2.27. The van der Waals surface area contributed by atoms with Crippen molar-refractivity contribution in [2.24, 2.45) is 17.8 Å². The minimum Gasteiger partial charge on any atom is -0.299 e. The number of aromatic nitrogens is 2. The molecule has 1 aromatic heterocycles. The summed E-state index contributed by atoms with van der Waals surface area (Å²) >= 11 is 1.51. The second kappa shape index (κ2) is 7.27. The molecule has 1 aromatic rings. The van der Waals surface area contributed by atoms with Gasteiger partial charge in [0.1, 0.15) is 11.0 Å². The topological polar surface area (TPSA) is 92.3 Å². The lowest BCUT2D eigenvalue weighted by molar-refractivity contribution is -0.119. The molecule has 0 aromatic carbocycles. The number of nitrogens with zero attached hydrogens (tertiary/aromatic N) is 3. The molecular formula is C20H30N4O3S2. The van der Waals surface area contributed by atoms with Crippen LogP contribution >= 0.6 is 11.3 Å². The summed E-state index contributed by atoms with van der Waals surface area (Å²) in [6.07, 6.45) is 9.62. The monoisotopic (exact) mass is 438 g/mol. The molecule has 9 heteroatoms. The van der Waals surface area contributed by atoms with Crippen molar-refractivity contribution in [2.45, 2.75) is 76.2 Å². The molecule has 1 N–H and O–H groups in total. The van der Waals surface area contributed by atoms with Gasteiger partial charge in [-0.25, -0.2) is 8.42 Å². The first kappa shape index (κ1) is 19.9. The van der Waals surface area contributed by atoms with Gasteiger partial charge < -0.3 is 0 Å². The minimum atomic E-state index is -3.38. The van der Waals surface area contributed by atoms with E-state index >= 15 is 0 Å². The van der Waals surface area contributed by atoms with E-state index in [0.29, 0.717) is 24.5 Å². The Bertz CT molecular complexity index is 862. The largest absolute Gasteiger partial charge is 0.299 e. The number of hydrogen-bond donors (Lipinski definition) is 1. The van der Waals surface area contributed by atoms with Gasteiger partial charge in [0.15, 0.2) is 0 Å². The maximum absolute atomic E-state index is 12.9. The average molecular weight is 439 g/mol. The first-order valence-corrected chi connectivity index (χ1v) is 13.5. The molecule has 7 nitrogen and oxygen atoms in total. The van der Waals surface area contributed by atoms with Crippen molar-refractivity contribution in [3.05, 3.63) is 5.01 Å². The molecule has 1 aliphatic heterocycles. The van der Waals surface area contributed by atoms with Crippen LogP contribution in [0.5, 0.6) is 0 Å². The van der Waals surface area contributed by atoms with Gasteiger partial charge in [0.25, 0.3) is 0 Å². The summed E-state index contributed by atoms with van der Waals surface area (Å²) < 4.78 is 26.4. The van der Waals surface area contributed by atoms with Crippen molar-refractivity contribution in [3.8, 4) is 0 Å². The average Bonchev–Trinajstić information content (AvgIpc) is 3.30. The quantitative estimate of drug-likeness (QED) is 0.737. The summed E-state index contributed by atoms with van der Waals surface area (Å²) in [5.41, 5.74) is 0.166. The number of hydrogen-bond acceptors (Lipinski definition) is 6. The number of sulfonamides is 1. The van der Waals surface area contributed by atoms with Crippen LogP contribution < -0.4 is 5.32 Å². The molecule has 4 saturated carbocycles. The molecule has 1 unspecified atom stereocenters. The van der Waals surface area contributed by atoms with Crippen molar-refractivity contribution >= 4 is 32.4 Å². The predicted molar refractivity (Wildman–Crippen MR) is 112 cm³/mol. The third kappa shape index (κ3) is 3.53. The number of carbonyl (C=O) groups excluding carboxylic acids is 1. The molecule has 4 bridgehead atoms. The first-order chi connectivity index (χ1) is 13.9. The number of rotatable bonds is 6. The van der Waals surface area contributed by atoms with Gasteiger partial charge in [-0.15, -0.1) is 10.2 Å². The van der Waals surface area contributed by atoms with E-state index in [1.165, 1.54) is 54.2 Å².